The minimum absolute atomic E-state index is 0.126. The summed E-state index contributed by atoms with van der Waals surface area (Å²) >= 11 is 6.24. The Labute approximate surface area is 195 Å². The van der Waals surface area contributed by atoms with Gasteiger partial charge < -0.3 is 29.5 Å². The molecular formula is C23H22ClN5O4. The number of nitrogens with zero attached hydrogens (tertiary/aromatic N) is 4. The van der Waals surface area contributed by atoms with E-state index in [4.69, 9.17) is 32.4 Å². The minimum atomic E-state index is -0.566. The smallest absolute Gasteiger partial charge is 0.188 e. The van der Waals surface area contributed by atoms with E-state index in [-0.39, 0.29) is 18.8 Å². The molecule has 170 valence electrons. The summed E-state index contributed by atoms with van der Waals surface area (Å²) in [5.74, 6) is 1.91. The summed E-state index contributed by atoms with van der Waals surface area (Å²) in [7, 11) is 1.58. The third-order valence-electron chi connectivity index (χ3n) is 5.87. The second-order valence-corrected chi connectivity index (χ2v) is 8.31. The average Bonchev–Trinajstić information content (AvgIpc) is 3.41. The summed E-state index contributed by atoms with van der Waals surface area (Å²) in [5.41, 5.74) is 1.48. The first kappa shape index (κ1) is 21.7. The zero-order valence-electron chi connectivity index (χ0n) is 17.9. The van der Waals surface area contributed by atoms with Crippen LogP contribution in [-0.2, 0) is 16.0 Å². The van der Waals surface area contributed by atoms with Gasteiger partial charge in [-0.1, -0.05) is 29.8 Å². The van der Waals surface area contributed by atoms with Gasteiger partial charge in [-0.3, -0.25) is 0 Å². The maximum absolute atomic E-state index is 9.27. The molecule has 3 heterocycles. The van der Waals surface area contributed by atoms with Crippen LogP contribution in [0.5, 0.6) is 5.75 Å². The summed E-state index contributed by atoms with van der Waals surface area (Å²) in [6.45, 7) is 8.91. The molecule has 0 bridgehead atoms. The quantitative estimate of drug-likeness (QED) is 0.533. The molecule has 0 saturated carbocycles. The molecule has 10 heteroatoms. The largest absolute Gasteiger partial charge is 0.495 e. The van der Waals surface area contributed by atoms with Gasteiger partial charge in [0.25, 0.3) is 0 Å². The highest BCUT2D eigenvalue weighted by Gasteiger charge is 2.43. The number of hydrogen-bond acceptors (Lipinski definition) is 8. The highest BCUT2D eigenvalue weighted by molar-refractivity contribution is 6.32. The number of anilines is 2. The summed E-state index contributed by atoms with van der Waals surface area (Å²) < 4.78 is 16.7. The second kappa shape index (κ2) is 9.00. The maximum Gasteiger partial charge on any atom is 0.188 e. The van der Waals surface area contributed by atoms with Crippen molar-refractivity contribution < 1.29 is 19.3 Å². The van der Waals surface area contributed by atoms with E-state index in [0.29, 0.717) is 47.7 Å². The molecular weight excluding hydrogens is 446 g/mol. The summed E-state index contributed by atoms with van der Waals surface area (Å²) in [6.07, 6.45) is -0.817. The topological polar surface area (TPSA) is 93.3 Å². The van der Waals surface area contributed by atoms with Gasteiger partial charge in [-0.15, -0.1) is 10.2 Å². The van der Waals surface area contributed by atoms with Crippen LogP contribution >= 0.6 is 11.6 Å². The van der Waals surface area contributed by atoms with Crippen LogP contribution in [0.3, 0.4) is 0 Å². The van der Waals surface area contributed by atoms with Crippen molar-refractivity contribution in [2.45, 2.75) is 25.0 Å². The van der Waals surface area contributed by atoms with E-state index < -0.39 is 6.29 Å². The normalized spacial score (nSPS) is 21.8. The highest BCUT2D eigenvalue weighted by Crippen LogP contribution is 2.36. The number of hydrogen-bond donors (Lipinski definition) is 2. The number of fused-ring (bicyclic) bond motifs is 2. The van der Waals surface area contributed by atoms with Gasteiger partial charge in [0.15, 0.2) is 23.6 Å². The fourth-order valence-corrected chi connectivity index (χ4v) is 4.53. The summed E-state index contributed by atoms with van der Waals surface area (Å²) in [6, 6.07) is 11.1. The van der Waals surface area contributed by atoms with E-state index in [1.807, 2.05) is 30.3 Å². The lowest BCUT2D eigenvalue weighted by Crippen LogP contribution is -2.28. The number of ether oxygens (including phenoxy) is 3. The molecule has 3 aromatic rings. The van der Waals surface area contributed by atoms with Gasteiger partial charge in [0, 0.05) is 30.4 Å². The Morgan fingerprint density at radius 1 is 1.18 bits per heavy atom. The van der Waals surface area contributed by atoms with Crippen molar-refractivity contribution in [3.05, 3.63) is 58.4 Å². The first-order chi connectivity index (χ1) is 16.1. The van der Waals surface area contributed by atoms with E-state index in [9.17, 15) is 5.11 Å². The Morgan fingerprint density at radius 3 is 2.64 bits per heavy atom. The van der Waals surface area contributed by atoms with E-state index in [1.54, 1.807) is 13.2 Å². The van der Waals surface area contributed by atoms with Crippen molar-refractivity contribution in [3.63, 3.8) is 0 Å². The predicted molar refractivity (Wildman–Crippen MR) is 124 cm³/mol. The molecule has 0 aliphatic carbocycles. The number of aromatic nitrogens is 2. The first-order valence-electron chi connectivity index (χ1n) is 10.5. The van der Waals surface area contributed by atoms with E-state index in [2.05, 4.69) is 25.3 Å². The van der Waals surface area contributed by atoms with Gasteiger partial charge >= 0.3 is 0 Å². The lowest BCUT2D eigenvalue weighted by atomic mass is 10.1. The van der Waals surface area contributed by atoms with E-state index in [0.717, 1.165) is 16.3 Å². The van der Waals surface area contributed by atoms with Crippen LogP contribution in [0.25, 0.3) is 15.6 Å². The third-order valence-corrected chi connectivity index (χ3v) is 6.16. The van der Waals surface area contributed by atoms with Gasteiger partial charge in [-0.25, -0.2) is 4.85 Å². The van der Waals surface area contributed by atoms with Crippen LogP contribution in [0.4, 0.5) is 17.3 Å². The number of rotatable bonds is 6. The van der Waals surface area contributed by atoms with Crippen molar-refractivity contribution in [3.8, 4) is 5.75 Å². The number of benzene rings is 2. The lowest BCUT2D eigenvalue weighted by molar-refractivity contribution is -0.0967. The van der Waals surface area contributed by atoms with E-state index >= 15 is 0 Å². The molecule has 2 saturated heterocycles. The van der Waals surface area contributed by atoms with E-state index in [1.165, 1.54) is 0 Å². The van der Waals surface area contributed by atoms with Crippen molar-refractivity contribution in [2.24, 2.45) is 0 Å². The molecule has 2 aliphatic heterocycles. The monoisotopic (exact) mass is 467 g/mol. The highest BCUT2D eigenvalue weighted by atomic mass is 35.5. The van der Waals surface area contributed by atoms with Crippen LogP contribution in [0.2, 0.25) is 5.02 Å². The number of aliphatic hydroxyl groups is 1. The number of aliphatic hydroxyl groups excluding tert-OH is 1. The standard InChI is InChI=1S/C23H22ClN5O4/c1-25-14-4-5-15-16(8-14)22(26-9-13-3-6-18(31-2)17(24)7-13)27-28-23(15)29-10-19-20(11-29)33-21(12-30)32-19/h3-8,19-21,30H,9-12H2,2H3,(H,26,27). The molecule has 2 fully saturated rings. The van der Waals surface area contributed by atoms with Crippen molar-refractivity contribution in [1.82, 2.24) is 10.2 Å². The van der Waals surface area contributed by atoms with Crippen LogP contribution in [0.15, 0.2) is 36.4 Å². The van der Waals surface area contributed by atoms with Gasteiger partial charge in [-0.2, -0.15) is 0 Å². The number of nitrogens with one attached hydrogen (secondary N) is 1. The molecule has 2 unspecified atom stereocenters. The fourth-order valence-electron chi connectivity index (χ4n) is 4.25. The summed E-state index contributed by atoms with van der Waals surface area (Å²) in [4.78, 5) is 5.64. The number of methoxy groups -OCH3 is 1. The van der Waals surface area contributed by atoms with Gasteiger partial charge in [-0.05, 0) is 23.8 Å². The predicted octanol–water partition coefficient (Wildman–Crippen LogP) is 3.38. The fraction of sp³-hybridized carbons (Fsp3) is 0.348. The lowest BCUT2D eigenvalue weighted by Gasteiger charge is -2.21. The molecule has 2 aromatic carbocycles. The molecule has 1 aromatic heterocycles. The Balaban J connectivity index is 1.42. The zero-order chi connectivity index (χ0) is 22.9. The van der Waals surface area contributed by atoms with Crippen LogP contribution < -0.4 is 15.0 Å². The Bertz CT molecular complexity index is 1220. The molecule has 2 N–H and O–H groups in total. The second-order valence-electron chi connectivity index (χ2n) is 7.90. The van der Waals surface area contributed by atoms with Crippen molar-refractivity contribution in [2.75, 3.05) is 37.0 Å². The average molecular weight is 468 g/mol. The van der Waals surface area contributed by atoms with Gasteiger partial charge in [0.2, 0.25) is 0 Å². The Morgan fingerprint density at radius 2 is 1.97 bits per heavy atom. The molecule has 2 aliphatic rings. The number of halogens is 1. The Hall–Kier alpha value is -3.16. The minimum Gasteiger partial charge on any atom is -0.495 e. The molecule has 2 atom stereocenters. The third kappa shape index (κ3) is 4.14. The van der Waals surface area contributed by atoms with Crippen molar-refractivity contribution >= 4 is 39.7 Å². The molecule has 9 nitrogen and oxygen atoms in total. The van der Waals surface area contributed by atoms with Crippen molar-refractivity contribution in [1.29, 1.82) is 0 Å². The summed E-state index contributed by atoms with van der Waals surface area (Å²) in [5, 5.41) is 23.7. The molecule has 0 radical (unpaired) electrons. The maximum atomic E-state index is 9.27. The van der Waals surface area contributed by atoms with Crippen LogP contribution in [0, 0.1) is 6.57 Å². The first-order valence-corrected chi connectivity index (χ1v) is 10.9. The molecule has 5 rings (SSSR count). The molecule has 0 amide bonds. The molecule has 0 spiro atoms. The van der Waals surface area contributed by atoms with Crippen LogP contribution in [0.1, 0.15) is 5.56 Å². The van der Waals surface area contributed by atoms with Crippen LogP contribution in [-0.4, -0.2) is 60.6 Å². The van der Waals surface area contributed by atoms with Gasteiger partial charge in [0.1, 0.15) is 18.0 Å². The Kier molecular flexibility index (Phi) is 5.91. The van der Waals surface area contributed by atoms with Gasteiger partial charge in [0.05, 0.1) is 25.3 Å². The SMILES string of the molecule is [C-]#[N+]c1ccc2c(N3CC4OC(CO)OC4C3)nnc(NCc3ccc(OC)c(Cl)c3)c2c1. The molecule has 33 heavy (non-hydrogen) atoms. The zero-order valence-corrected chi connectivity index (χ0v) is 18.6.